The Morgan fingerprint density at radius 3 is 2.42 bits per heavy atom. The summed E-state index contributed by atoms with van der Waals surface area (Å²) < 4.78 is 5.00. The molecule has 0 aliphatic carbocycles. The highest BCUT2D eigenvalue weighted by Gasteiger charge is 2.08. The molecular formula is C22H25NO3. The second-order valence-electron chi connectivity index (χ2n) is 6.32. The van der Waals surface area contributed by atoms with Gasteiger partial charge >= 0.3 is 5.97 Å². The molecule has 0 unspecified atom stereocenters. The van der Waals surface area contributed by atoms with Crippen LogP contribution in [0, 0.1) is 0 Å². The Hall–Kier alpha value is -2.88. The van der Waals surface area contributed by atoms with Gasteiger partial charge in [0.15, 0.2) is 6.61 Å². The molecule has 4 nitrogen and oxygen atoms in total. The van der Waals surface area contributed by atoms with Crippen LogP contribution in [0.3, 0.4) is 0 Å². The van der Waals surface area contributed by atoms with Crippen LogP contribution >= 0.6 is 0 Å². The summed E-state index contributed by atoms with van der Waals surface area (Å²) in [6, 6.07) is 15.5. The molecule has 0 bridgehead atoms. The smallest absolute Gasteiger partial charge is 0.331 e. The summed E-state index contributed by atoms with van der Waals surface area (Å²) in [6.07, 6.45) is 3.82. The molecule has 0 saturated heterocycles. The summed E-state index contributed by atoms with van der Waals surface area (Å²) >= 11 is 0. The van der Waals surface area contributed by atoms with Crippen molar-refractivity contribution in [3.63, 3.8) is 0 Å². The summed E-state index contributed by atoms with van der Waals surface area (Å²) in [7, 11) is 0. The van der Waals surface area contributed by atoms with E-state index in [0.29, 0.717) is 5.92 Å². The van der Waals surface area contributed by atoms with Gasteiger partial charge in [0.1, 0.15) is 0 Å². The number of esters is 1. The second-order valence-corrected chi connectivity index (χ2v) is 6.32. The lowest BCUT2D eigenvalue weighted by molar-refractivity contribution is -0.142. The third-order valence-corrected chi connectivity index (χ3v) is 4.03. The molecule has 2 rings (SSSR count). The highest BCUT2D eigenvalue weighted by Crippen LogP contribution is 2.16. The maximum Gasteiger partial charge on any atom is 0.331 e. The third kappa shape index (κ3) is 5.88. The number of hydrogen-bond acceptors (Lipinski definition) is 3. The lowest BCUT2D eigenvalue weighted by Crippen LogP contribution is -2.20. The van der Waals surface area contributed by atoms with E-state index in [2.05, 4.69) is 19.2 Å². The fourth-order valence-corrected chi connectivity index (χ4v) is 2.48. The van der Waals surface area contributed by atoms with Gasteiger partial charge in [0.25, 0.3) is 5.91 Å². The van der Waals surface area contributed by atoms with Crippen molar-refractivity contribution >= 4 is 23.6 Å². The third-order valence-electron chi connectivity index (χ3n) is 4.03. The summed E-state index contributed by atoms with van der Waals surface area (Å²) in [5.74, 6) is -0.430. The van der Waals surface area contributed by atoms with Crippen LogP contribution in [0.2, 0.25) is 0 Å². The van der Waals surface area contributed by atoms with Gasteiger partial charge in [-0.15, -0.1) is 0 Å². The Kier molecular flexibility index (Phi) is 7.15. The summed E-state index contributed by atoms with van der Waals surface area (Å²) in [5.41, 5.74) is 3.94. The van der Waals surface area contributed by atoms with E-state index in [9.17, 15) is 9.59 Å². The first-order chi connectivity index (χ1) is 12.5. The standard InChI is InChI=1S/C22H25NO3/c1-4-18-7-5-6-8-20(18)23-21(24)15-26-22(25)14-11-17-9-12-19(13-10-17)16(2)3/h5-14,16H,4,15H2,1-3H3,(H,23,24). The molecule has 136 valence electrons. The molecule has 1 N–H and O–H groups in total. The van der Waals surface area contributed by atoms with Gasteiger partial charge in [-0.3, -0.25) is 4.79 Å². The Labute approximate surface area is 154 Å². The van der Waals surface area contributed by atoms with Crippen molar-refractivity contribution in [2.45, 2.75) is 33.1 Å². The van der Waals surface area contributed by atoms with E-state index in [0.717, 1.165) is 23.2 Å². The van der Waals surface area contributed by atoms with Crippen LogP contribution in [-0.2, 0) is 20.7 Å². The zero-order chi connectivity index (χ0) is 18.9. The van der Waals surface area contributed by atoms with Gasteiger partial charge in [-0.1, -0.05) is 63.2 Å². The number of para-hydroxylation sites is 1. The van der Waals surface area contributed by atoms with E-state index in [4.69, 9.17) is 4.74 Å². The van der Waals surface area contributed by atoms with E-state index in [-0.39, 0.29) is 12.5 Å². The largest absolute Gasteiger partial charge is 0.452 e. The molecule has 0 saturated carbocycles. The second kappa shape index (κ2) is 9.56. The topological polar surface area (TPSA) is 55.4 Å². The number of carbonyl (C=O) groups excluding carboxylic acids is 2. The van der Waals surface area contributed by atoms with E-state index >= 15 is 0 Å². The van der Waals surface area contributed by atoms with Crippen molar-refractivity contribution in [2.75, 3.05) is 11.9 Å². The van der Waals surface area contributed by atoms with E-state index in [1.165, 1.54) is 11.6 Å². The molecule has 2 aromatic rings. The molecule has 4 heteroatoms. The number of carbonyl (C=O) groups is 2. The minimum Gasteiger partial charge on any atom is -0.452 e. The minimum atomic E-state index is -0.545. The van der Waals surface area contributed by atoms with Crippen LogP contribution in [0.4, 0.5) is 5.69 Å². The molecule has 0 heterocycles. The van der Waals surface area contributed by atoms with Crippen LogP contribution in [-0.4, -0.2) is 18.5 Å². The number of rotatable bonds is 7. The van der Waals surface area contributed by atoms with Crippen LogP contribution in [0.1, 0.15) is 43.4 Å². The van der Waals surface area contributed by atoms with E-state index in [1.807, 2.05) is 55.5 Å². The molecular weight excluding hydrogens is 326 g/mol. The molecule has 1 amide bonds. The fraction of sp³-hybridized carbons (Fsp3) is 0.273. The first kappa shape index (κ1) is 19.4. The normalized spacial score (nSPS) is 10.9. The number of amides is 1. The molecule has 0 aliphatic rings. The van der Waals surface area contributed by atoms with Crippen molar-refractivity contribution in [3.05, 3.63) is 71.3 Å². The van der Waals surface area contributed by atoms with Crippen LogP contribution in [0.5, 0.6) is 0 Å². The SMILES string of the molecule is CCc1ccccc1NC(=O)COC(=O)C=Cc1ccc(C(C)C)cc1. The number of ether oxygens (including phenoxy) is 1. The Balaban J connectivity index is 1.83. The molecule has 0 fully saturated rings. The first-order valence-corrected chi connectivity index (χ1v) is 8.82. The molecule has 0 atom stereocenters. The molecule has 0 aromatic heterocycles. The summed E-state index contributed by atoms with van der Waals surface area (Å²) in [6.45, 7) is 5.97. The Morgan fingerprint density at radius 1 is 1.08 bits per heavy atom. The van der Waals surface area contributed by atoms with Crippen molar-refractivity contribution in [1.82, 2.24) is 0 Å². The lowest BCUT2D eigenvalue weighted by atomic mass is 10.0. The number of anilines is 1. The van der Waals surface area contributed by atoms with Crippen LogP contribution in [0.15, 0.2) is 54.6 Å². The number of aryl methyl sites for hydroxylation is 1. The monoisotopic (exact) mass is 351 g/mol. The first-order valence-electron chi connectivity index (χ1n) is 8.82. The zero-order valence-electron chi connectivity index (χ0n) is 15.5. The van der Waals surface area contributed by atoms with Crippen molar-refractivity contribution in [2.24, 2.45) is 0 Å². The zero-order valence-corrected chi connectivity index (χ0v) is 15.5. The van der Waals surface area contributed by atoms with Crippen molar-refractivity contribution < 1.29 is 14.3 Å². The average molecular weight is 351 g/mol. The predicted octanol–water partition coefficient (Wildman–Crippen LogP) is 4.57. The van der Waals surface area contributed by atoms with Crippen molar-refractivity contribution in [3.8, 4) is 0 Å². The highest BCUT2D eigenvalue weighted by molar-refractivity contribution is 5.95. The molecule has 0 radical (unpaired) electrons. The van der Waals surface area contributed by atoms with E-state index < -0.39 is 5.97 Å². The minimum absolute atomic E-state index is 0.312. The maximum absolute atomic E-state index is 11.9. The Bertz CT molecular complexity index is 776. The van der Waals surface area contributed by atoms with Gasteiger partial charge in [-0.2, -0.15) is 0 Å². The van der Waals surface area contributed by atoms with Gasteiger partial charge in [0.2, 0.25) is 0 Å². The highest BCUT2D eigenvalue weighted by atomic mass is 16.5. The predicted molar refractivity (Wildman–Crippen MR) is 105 cm³/mol. The lowest BCUT2D eigenvalue weighted by Gasteiger charge is -2.09. The average Bonchev–Trinajstić information content (AvgIpc) is 2.65. The maximum atomic E-state index is 11.9. The Morgan fingerprint density at radius 2 is 1.77 bits per heavy atom. The van der Waals surface area contributed by atoms with Crippen molar-refractivity contribution in [1.29, 1.82) is 0 Å². The van der Waals surface area contributed by atoms with Crippen LogP contribution < -0.4 is 5.32 Å². The molecule has 0 spiro atoms. The van der Waals surface area contributed by atoms with Gasteiger partial charge in [-0.25, -0.2) is 4.79 Å². The fourth-order valence-electron chi connectivity index (χ4n) is 2.48. The van der Waals surface area contributed by atoms with Gasteiger partial charge in [0, 0.05) is 11.8 Å². The van der Waals surface area contributed by atoms with Gasteiger partial charge in [-0.05, 0) is 41.2 Å². The number of nitrogens with one attached hydrogen (secondary N) is 1. The van der Waals surface area contributed by atoms with Crippen LogP contribution in [0.25, 0.3) is 6.08 Å². The molecule has 26 heavy (non-hydrogen) atoms. The van der Waals surface area contributed by atoms with Gasteiger partial charge in [0.05, 0.1) is 0 Å². The molecule has 2 aromatic carbocycles. The number of benzene rings is 2. The van der Waals surface area contributed by atoms with Gasteiger partial charge < -0.3 is 10.1 Å². The summed E-state index contributed by atoms with van der Waals surface area (Å²) in [4.78, 5) is 23.7. The molecule has 0 aliphatic heterocycles. The number of hydrogen-bond donors (Lipinski definition) is 1. The van der Waals surface area contributed by atoms with E-state index in [1.54, 1.807) is 6.08 Å². The quantitative estimate of drug-likeness (QED) is 0.587. The summed E-state index contributed by atoms with van der Waals surface area (Å²) in [5, 5.41) is 2.77.